The van der Waals surface area contributed by atoms with Crippen LogP contribution >= 0.6 is 22.9 Å². The van der Waals surface area contributed by atoms with Gasteiger partial charge < -0.3 is 0 Å². The summed E-state index contributed by atoms with van der Waals surface area (Å²) in [5.41, 5.74) is 1.56. The summed E-state index contributed by atoms with van der Waals surface area (Å²) < 4.78 is 59.8. The van der Waals surface area contributed by atoms with Crippen molar-refractivity contribution in [2.24, 2.45) is 0 Å². The highest BCUT2D eigenvalue weighted by molar-refractivity contribution is 7.91. The number of fused-ring (bicyclic) bond motifs is 1. The van der Waals surface area contributed by atoms with Crippen molar-refractivity contribution in [3.8, 4) is 0 Å². The van der Waals surface area contributed by atoms with Gasteiger partial charge in [-0.15, -0.1) is 11.3 Å². The first-order chi connectivity index (χ1) is 15.0. The smallest absolute Gasteiger partial charge is 0.265 e. The van der Waals surface area contributed by atoms with Crippen LogP contribution in [-0.2, 0) is 24.3 Å². The topological polar surface area (TPSA) is 80.8 Å². The zero-order valence-electron chi connectivity index (χ0n) is 18.3. The molecule has 0 fully saturated rings. The second kappa shape index (κ2) is 9.79. The molecule has 0 saturated heterocycles. The normalized spacial score (nSPS) is 13.7. The van der Waals surface area contributed by atoms with E-state index in [0.29, 0.717) is 17.0 Å². The number of hydrogen-bond acceptors (Lipinski definition) is 6. The van der Waals surface area contributed by atoms with Crippen molar-refractivity contribution < 1.29 is 21.0 Å². The fourth-order valence-corrected chi connectivity index (χ4v) is 8.09. The summed E-state index contributed by atoms with van der Waals surface area (Å²) in [6, 6.07) is 10.9. The van der Waals surface area contributed by atoms with Crippen LogP contribution < -0.4 is 0 Å². The summed E-state index contributed by atoms with van der Waals surface area (Å²) in [7, 11) is -7.87. The SMILES string of the molecule is CCCN(C(C)COS(=O)(=O)c1ccc(C)cc1)S(=O)(=O)c1sc2ccc(Cl)cc2c1C. The lowest BCUT2D eigenvalue weighted by atomic mass is 10.2. The molecular formula is C22H26ClNO5S3. The summed E-state index contributed by atoms with van der Waals surface area (Å²) in [5.74, 6) is 0. The Labute approximate surface area is 199 Å². The van der Waals surface area contributed by atoms with Gasteiger partial charge in [-0.3, -0.25) is 4.18 Å². The second-order valence-electron chi connectivity index (χ2n) is 7.67. The molecule has 1 heterocycles. The van der Waals surface area contributed by atoms with Gasteiger partial charge in [0.2, 0.25) is 0 Å². The number of rotatable bonds is 9. The molecule has 1 atom stereocenters. The standard InChI is InChI=1S/C22H26ClNO5S3/c1-5-12-24(16(3)14-29-32(27,28)19-9-6-15(2)7-10-19)31(25,26)22-17(4)20-13-18(23)8-11-21(20)30-22/h6-11,13,16H,5,12,14H2,1-4H3. The number of thiophene rings is 1. The quantitative estimate of drug-likeness (QED) is 0.358. The molecule has 0 amide bonds. The first-order valence-electron chi connectivity index (χ1n) is 10.1. The Morgan fingerprint density at radius 3 is 2.34 bits per heavy atom. The van der Waals surface area contributed by atoms with Crippen molar-refractivity contribution in [1.29, 1.82) is 0 Å². The van der Waals surface area contributed by atoms with Crippen molar-refractivity contribution in [3.05, 3.63) is 58.6 Å². The Bertz CT molecular complexity index is 1320. The molecule has 0 spiro atoms. The minimum Gasteiger partial charge on any atom is -0.265 e. The highest BCUT2D eigenvalue weighted by atomic mass is 35.5. The molecule has 10 heteroatoms. The van der Waals surface area contributed by atoms with Gasteiger partial charge in [0.15, 0.2) is 0 Å². The molecule has 0 aliphatic rings. The molecule has 2 aromatic carbocycles. The Kier molecular flexibility index (Phi) is 7.69. The third-order valence-electron chi connectivity index (χ3n) is 5.11. The molecule has 32 heavy (non-hydrogen) atoms. The van der Waals surface area contributed by atoms with Crippen molar-refractivity contribution in [1.82, 2.24) is 4.31 Å². The maximum Gasteiger partial charge on any atom is 0.297 e. The number of aryl methyl sites for hydroxylation is 2. The monoisotopic (exact) mass is 515 g/mol. The van der Waals surface area contributed by atoms with E-state index in [0.717, 1.165) is 15.6 Å². The molecule has 3 aromatic rings. The average molecular weight is 516 g/mol. The number of benzene rings is 2. The van der Waals surface area contributed by atoms with Crippen molar-refractivity contribution in [2.75, 3.05) is 13.2 Å². The van der Waals surface area contributed by atoms with Crippen LogP contribution in [-0.4, -0.2) is 40.3 Å². The van der Waals surface area contributed by atoms with Crippen molar-refractivity contribution >= 4 is 53.2 Å². The van der Waals surface area contributed by atoms with Gasteiger partial charge in [-0.25, -0.2) is 8.42 Å². The minimum absolute atomic E-state index is 0.0393. The predicted octanol–water partition coefficient (Wildman–Crippen LogP) is 5.37. The van der Waals surface area contributed by atoms with E-state index < -0.39 is 26.2 Å². The van der Waals surface area contributed by atoms with Gasteiger partial charge in [0.1, 0.15) is 4.21 Å². The Morgan fingerprint density at radius 2 is 1.72 bits per heavy atom. The van der Waals surface area contributed by atoms with Gasteiger partial charge in [0.25, 0.3) is 20.1 Å². The Morgan fingerprint density at radius 1 is 1.06 bits per heavy atom. The average Bonchev–Trinajstić information content (AvgIpc) is 3.07. The zero-order chi connectivity index (χ0) is 23.7. The second-order valence-corrected chi connectivity index (χ2v) is 12.9. The number of nitrogens with zero attached hydrogens (tertiary/aromatic N) is 1. The van der Waals surface area contributed by atoms with Gasteiger partial charge >= 0.3 is 0 Å². The summed E-state index contributed by atoms with van der Waals surface area (Å²) in [5, 5.41) is 1.33. The van der Waals surface area contributed by atoms with Gasteiger partial charge in [0.05, 0.1) is 11.5 Å². The molecule has 1 aromatic heterocycles. The molecular weight excluding hydrogens is 490 g/mol. The Hall–Kier alpha value is -1.49. The molecule has 6 nitrogen and oxygen atoms in total. The molecule has 174 valence electrons. The number of halogens is 1. The lowest BCUT2D eigenvalue weighted by Gasteiger charge is -2.27. The van der Waals surface area contributed by atoms with Crippen LogP contribution in [0.5, 0.6) is 0 Å². The highest BCUT2D eigenvalue weighted by Gasteiger charge is 2.33. The van der Waals surface area contributed by atoms with Crippen LogP contribution in [0.3, 0.4) is 0 Å². The fourth-order valence-electron chi connectivity index (χ4n) is 3.37. The van der Waals surface area contributed by atoms with Crippen LogP contribution in [0.1, 0.15) is 31.4 Å². The Balaban J connectivity index is 1.88. The zero-order valence-corrected chi connectivity index (χ0v) is 21.5. The summed E-state index contributed by atoms with van der Waals surface area (Å²) >= 11 is 7.28. The fraction of sp³-hybridized carbons (Fsp3) is 0.364. The molecule has 0 aliphatic heterocycles. The van der Waals surface area contributed by atoms with Crippen molar-refractivity contribution in [2.45, 2.75) is 49.3 Å². The molecule has 0 radical (unpaired) electrons. The maximum absolute atomic E-state index is 13.6. The summed E-state index contributed by atoms with van der Waals surface area (Å²) in [6.07, 6.45) is 0.573. The van der Waals surface area contributed by atoms with Gasteiger partial charge in [-0.2, -0.15) is 12.7 Å². The lowest BCUT2D eigenvalue weighted by Crippen LogP contribution is -2.42. The first kappa shape index (κ1) is 25.1. The van der Waals surface area contributed by atoms with E-state index in [1.54, 1.807) is 44.2 Å². The van der Waals surface area contributed by atoms with Crippen LogP contribution in [0, 0.1) is 13.8 Å². The molecule has 1 unspecified atom stereocenters. The van der Waals surface area contributed by atoms with Crippen LogP contribution in [0.4, 0.5) is 0 Å². The van der Waals surface area contributed by atoms with Gasteiger partial charge in [-0.05, 0) is 68.5 Å². The molecule has 0 N–H and O–H groups in total. The number of hydrogen-bond donors (Lipinski definition) is 0. The largest absolute Gasteiger partial charge is 0.297 e. The molecule has 3 rings (SSSR count). The lowest BCUT2D eigenvalue weighted by molar-refractivity contribution is 0.219. The van der Waals surface area contributed by atoms with Crippen LogP contribution in [0.2, 0.25) is 5.02 Å². The van der Waals surface area contributed by atoms with Gasteiger partial charge in [-0.1, -0.05) is 36.2 Å². The summed E-state index contributed by atoms with van der Waals surface area (Å²) in [6.45, 7) is 7.09. The van der Waals surface area contributed by atoms with E-state index in [1.165, 1.54) is 27.8 Å². The predicted molar refractivity (Wildman–Crippen MR) is 130 cm³/mol. The van der Waals surface area contributed by atoms with E-state index in [9.17, 15) is 16.8 Å². The third-order valence-corrected chi connectivity index (χ3v) is 10.5. The minimum atomic E-state index is -4.00. The van der Waals surface area contributed by atoms with E-state index in [-0.39, 0.29) is 22.3 Å². The van der Waals surface area contributed by atoms with Gasteiger partial charge in [0, 0.05) is 22.3 Å². The van der Waals surface area contributed by atoms with E-state index in [4.69, 9.17) is 15.8 Å². The number of sulfonamides is 1. The van der Waals surface area contributed by atoms with Crippen LogP contribution in [0.25, 0.3) is 10.1 Å². The van der Waals surface area contributed by atoms with E-state index in [2.05, 4.69) is 0 Å². The third kappa shape index (κ3) is 5.18. The van der Waals surface area contributed by atoms with Crippen LogP contribution in [0.15, 0.2) is 51.6 Å². The summed E-state index contributed by atoms with van der Waals surface area (Å²) in [4.78, 5) is 0.0393. The maximum atomic E-state index is 13.6. The molecule has 0 saturated carbocycles. The first-order valence-corrected chi connectivity index (χ1v) is 14.2. The van der Waals surface area contributed by atoms with E-state index in [1.807, 2.05) is 13.8 Å². The van der Waals surface area contributed by atoms with E-state index >= 15 is 0 Å². The molecule has 0 aliphatic carbocycles. The highest BCUT2D eigenvalue weighted by Crippen LogP contribution is 2.37. The van der Waals surface area contributed by atoms with Crippen molar-refractivity contribution in [3.63, 3.8) is 0 Å². The molecule has 0 bridgehead atoms.